The average Bonchev–Trinajstić information content (AvgIpc) is 2.69. The summed E-state index contributed by atoms with van der Waals surface area (Å²) < 4.78 is 13.3. The molecule has 0 unspecified atom stereocenters. The Kier molecular flexibility index (Phi) is 29.2. The first kappa shape index (κ1) is 37.0. The fourth-order valence-corrected chi connectivity index (χ4v) is 3.18. The number of rotatable bonds is 19. The molecule has 11 heteroatoms. The third-order valence-electron chi connectivity index (χ3n) is 4.45. The lowest BCUT2D eigenvalue weighted by Crippen LogP contribution is -2.32. The van der Waals surface area contributed by atoms with Gasteiger partial charge in [-0.05, 0) is 13.0 Å². The average molecular weight is 503 g/mol. The van der Waals surface area contributed by atoms with E-state index in [0.717, 1.165) is 13.0 Å². The zero-order chi connectivity index (χ0) is 26.0. The molecule has 0 radical (unpaired) electrons. The van der Waals surface area contributed by atoms with E-state index in [1.54, 1.807) is 0 Å². The molecule has 10 nitrogen and oxygen atoms in total. The summed E-state index contributed by atoms with van der Waals surface area (Å²) in [6.45, 7) is 3.66. The van der Waals surface area contributed by atoms with Crippen molar-refractivity contribution in [1.29, 1.82) is 0 Å². The lowest BCUT2D eigenvalue weighted by atomic mass is 10.0. The van der Waals surface area contributed by atoms with Gasteiger partial charge in [0.25, 0.3) is 0 Å². The Balaban J connectivity index is -0.000000576. The van der Waals surface area contributed by atoms with Crippen LogP contribution in [0.3, 0.4) is 0 Å². The topological polar surface area (TPSA) is 197 Å². The minimum absolute atomic E-state index is 0.153. The minimum Gasteiger partial charge on any atom is -0.370 e. The summed E-state index contributed by atoms with van der Waals surface area (Å²) >= 11 is 0. The van der Waals surface area contributed by atoms with E-state index in [9.17, 15) is 9.36 Å². The van der Waals surface area contributed by atoms with Crippen LogP contribution in [-0.2, 0) is 13.9 Å². The number of carbonyl (C=O) groups excluding carboxylic acids is 1. The van der Waals surface area contributed by atoms with Gasteiger partial charge in [-0.25, -0.2) is 4.57 Å². The monoisotopic (exact) mass is 502 g/mol. The largest absolute Gasteiger partial charge is 0.469 e. The highest BCUT2D eigenvalue weighted by Gasteiger charge is 2.24. The maximum Gasteiger partial charge on any atom is 0.469 e. The molecule has 33 heavy (non-hydrogen) atoms. The molecule has 0 aromatic carbocycles. The predicted octanol–water partition coefficient (Wildman–Crippen LogP) is 3.42. The Morgan fingerprint density at radius 2 is 1.06 bits per heavy atom. The Morgan fingerprint density at radius 1 is 0.758 bits per heavy atom. The molecule has 0 spiro atoms. The molecular formula is C22H51N2O8P. The predicted molar refractivity (Wildman–Crippen MR) is 131 cm³/mol. The molecule has 1 amide bonds. The lowest BCUT2D eigenvalue weighted by Gasteiger charge is -2.13. The summed E-state index contributed by atoms with van der Waals surface area (Å²) in [6.07, 6.45) is 20.9. The molecule has 202 valence electrons. The van der Waals surface area contributed by atoms with Crippen LogP contribution in [0.5, 0.6) is 0 Å². The van der Waals surface area contributed by atoms with Gasteiger partial charge in [-0.2, -0.15) is 0 Å². The fourth-order valence-electron chi connectivity index (χ4n) is 2.84. The number of primary amides is 1. The Morgan fingerprint density at radius 3 is 1.27 bits per heavy atom. The van der Waals surface area contributed by atoms with Gasteiger partial charge in [0.2, 0.25) is 5.91 Å². The van der Waals surface area contributed by atoms with Crippen LogP contribution in [0.2, 0.25) is 0 Å². The van der Waals surface area contributed by atoms with Crippen molar-refractivity contribution in [3.05, 3.63) is 0 Å². The molecule has 0 aliphatic rings. The number of carbonyl (C=O) groups is 1. The number of phosphoric ester groups is 1. The van der Waals surface area contributed by atoms with Crippen LogP contribution in [0.4, 0.5) is 0 Å². The molecular weight excluding hydrogens is 451 g/mol. The number of hydrogen-bond acceptors (Lipinski definition) is 7. The van der Waals surface area contributed by atoms with Gasteiger partial charge >= 0.3 is 13.8 Å². The maximum absolute atomic E-state index is 10.6. The molecule has 0 atom stereocenters. The van der Waals surface area contributed by atoms with Crippen molar-refractivity contribution in [3.63, 3.8) is 0 Å². The molecule has 0 aliphatic carbocycles. The van der Waals surface area contributed by atoms with E-state index in [1.807, 2.05) is 6.92 Å². The van der Waals surface area contributed by atoms with Gasteiger partial charge in [0.15, 0.2) is 0 Å². The number of aliphatic hydroxyl groups is 3. The van der Waals surface area contributed by atoms with Crippen LogP contribution < -0.4 is 11.5 Å². The first-order valence-electron chi connectivity index (χ1n) is 12.2. The zero-order valence-corrected chi connectivity index (χ0v) is 21.7. The molecule has 0 rings (SSSR count). The van der Waals surface area contributed by atoms with E-state index in [4.69, 9.17) is 36.6 Å². The second kappa shape index (κ2) is 26.0. The number of unbranched alkanes of at least 4 members (excludes halogenated alkanes) is 14. The Bertz CT molecular complexity index is 456. The SMILES string of the molecule is CCCCCCCCCCCCCCCCCC(N)=O.CCN.O=P(O)(O)OCC(O)(O)O. The van der Waals surface area contributed by atoms with Crippen molar-refractivity contribution >= 4 is 13.7 Å². The van der Waals surface area contributed by atoms with Gasteiger partial charge in [0, 0.05) is 6.42 Å². The third kappa shape index (κ3) is 49.6. The Labute approximate surface area is 200 Å². The van der Waals surface area contributed by atoms with E-state index < -0.39 is 20.4 Å². The second-order valence-corrected chi connectivity index (χ2v) is 9.35. The van der Waals surface area contributed by atoms with Gasteiger partial charge in [0.05, 0.1) is 0 Å². The van der Waals surface area contributed by atoms with Gasteiger partial charge in [-0.1, -0.05) is 104 Å². The van der Waals surface area contributed by atoms with Crippen LogP contribution in [0.15, 0.2) is 0 Å². The van der Waals surface area contributed by atoms with Crippen LogP contribution >= 0.6 is 7.82 Å². The van der Waals surface area contributed by atoms with Crippen LogP contribution in [0, 0.1) is 0 Å². The quantitative estimate of drug-likeness (QED) is 0.0786. The first-order chi connectivity index (χ1) is 15.4. The van der Waals surface area contributed by atoms with Crippen LogP contribution in [0.1, 0.15) is 117 Å². The zero-order valence-electron chi connectivity index (χ0n) is 20.8. The van der Waals surface area contributed by atoms with Gasteiger partial charge < -0.3 is 36.6 Å². The Hall–Kier alpha value is -0.580. The highest BCUT2D eigenvalue weighted by atomic mass is 31.2. The molecule has 9 N–H and O–H groups in total. The van der Waals surface area contributed by atoms with E-state index in [2.05, 4.69) is 11.4 Å². The molecule has 0 fully saturated rings. The van der Waals surface area contributed by atoms with Crippen molar-refractivity contribution in [2.24, 2.45) is 11.5 Å². The lowest BCUT2D eigenvalue weighted by molar-refractivity contribution is -0.323. The summed E-state index contributed by atoms with van der Waals surface area (Å²) in [4.78, 5) is 26.4. The third-order valence-corrected chi connectivity index (χ3v) is 4.92. The van der Waals surface area contributed by atoms with E-state index in [0.29, 0.717) is 6.42 Å². The van der Waals surface area contributed by atoms with E-state index in [1.165, 1.54) is 89.9 Å². The van der Waals surface area contributed by atoms with Crippen molar-refractivity contribution < 1.29 is 39.0 Å². The first-order valence-corrected chi connectivity index (χ1v) is 13.8. The highest BCUT2D eigenvalue weighted by Crippen LogP contribution is 2.36. The van der Waals surface area contributed by atoms with Crippen molar-refractivity contribution in [3.8, 4) is 0 Å². The molecule has 0 aromatic heterocycles. The number of phosphoric acid groups is 1. The smallest absolute Gasteiger partial charge is 0.370 e. The van der Waals surface area contributed by atoms with E-state index in [-0.39, 0.29) is 5.91 Å². The van der Waals surface area contributed by atoms with Gasteiger partial charge in [-0.3, -0.25) is 9.32 Å². The van der Waals surface area contributed by atoms with E-state index >= 15 is 0 Å². The molecule has 0 bridgehead atoms. The second-order valence-electron chi connectivity index (χ2n) is 8.11. The van der Waals surface area contributed by atoms with Crippen molar-refractivity contribution in [1.82, 2.24) is 0 Å². The molecule has 0 saturated heterocycles. The minimum atomic E-state index is -4.74. The number of nitrogens with two attached hydrogens (primary N) is 2. The maximum atomic E-state index is 10.6. The molecule has 0 saturated carbocycles. The summed E-state index contributed by atoms with van der Waals surface area (Å²) in [5.41, 5.74) is 9.95. The summed E-state index contributed by atoms with van der Waals surface area (Å²) in [5, 5.41) is 24.1. The van der Waals surface area contributed by atoms with Crippen LogP contribution in [0.25, 0.3) is 0 Å². The summed E-state index contributed by atoms with van der Waals surface area (Å²) in [5.74, 6) is -3.36. The van der Waals surface area contributed by atoms with Crippen molar-refractivity contribution in [2.45, 2.75) is 123 Å². The van der Waals surface area contributed by atoms with Crippen LogP contribution in [-0.4, -0.2) is 50.1 Å². The standard InChI is InChI=1S/C18H37NO.C2H7N.C2H7O7P/c1-2-3-4-5-6-7-8-9-10-11-12-13-14-15-16-17-18(19)20;1-2-3;3-2(4,5)1-9-10(6,7)8/h2-17H2,1H3,(H2,19,20);2-3H2,1H3;3-5H,1H2,(H2,6,7,8). The number of amides is 1. The normalized spacial score (nSPS) is 11.3. The van der Waals surface area contributed by atoms with Gasteiger partial charge in [-0.15, -0.1) is 0 Å². The molecule has 0 heterocycles. The molecule has 0 aliphatic heterocycles. The highest BCUT2D eigenvalue weighted by molar-refractivity contribution is 7.46. The van der Waals surface area contributed by atoms with Gasteiger partial charge in [0.1, 0.15) is 6.61 Å². The summed E-state index contributed by atoms with van der Waals surface area (Å²) in [6, 6.07) is 0. The number of hydrogen-bond donors (Lipinski definition) is 7. The van der Waals surface area contributed by atoms with Crippen molar-refractivity contribution in [2.75, 3.05) is 13.2 Å². The fraction of sp³-hybridized carbons (Fsp3) is 0.955. The summed E-state index contributed by atoms with van der Waals surface area (Å²) in [7, 11) is -4.74. The molecule has 0 aromatic rings.